The van der Waals surface area contributed by atoms with Crippen LogP contribution in [0.15, 0.2) is 18.2 Å². The van der Waals surface area contributed by atoms with E-state index in [1.165, 1.54) is 69.8 Å². The molecular weight excluding hydrogens is 448 g/mol. The Morgan fingerprint density at radius 2 is 1.92 bits per heavy atom. The monoisotopic (exact) mass is 494 g/mol. The summed E-state index contributed by atoms with van der Waals surface area (Å²) in [6, 6.07) is 6.63. The molecule has 2 saturated carbocycles. The average Bonchev–Trinajstić information content (AvgIpc) is 3.23. The van der Waals surface area contributed by atoms with E-state index in [-0.39, 0.29) is 11.8 Å². The fraction of sp³-hybridized carbons (Fsp3) is 0.700. The van der Waals surface area contributed by atoms with E-state index in [1.807, 2.05) is 26.0 Å². The molecule has 1 unspecified atom stereocenters. The number of carbonyl (C=O) groups excluding carboxylic acids is 1. The second-order valence-corrected chi connectivity index (χ2v) is 11.1. The summed E-state index contributed by atoms with van der Waals surface area (Å²) in [6.07, 6.45) is 15.3. The van der Waals surface area contributed by atoms with Gasteiger partial charge in [-0.3, -0.25) is 4.79 Å². The molecule has 2 aliphatic carbocycles. The number of aryl methyl sites for hydroxylation is 3. The molecule has 0 saturated heterocycles. The highest BCUT2D eigenvalue weighted by atomic mass is 16.5. The normalized spacial score (nSPS) is 17.6. The first-order chi connectivity index (χ1) is 17.5. The summed E-state index contributed by atoms with van der Waals surface area (Å²) >= 11 is 0. The molecule has 1 heterocycles. The molecule has 0 aliphatic heterocycles. The van der Waals surface area contributed by atoms with Crippen molar-refractivity contribution in [2.75, 3.05) is 18.5 Å². The molecule has 1 amide bonds. The van der Waals surface area contributed by atoms with E-state index in [9.17, 15) is 4.79 Å². The minimum absolute atomic E-state index is 0.00231. The summed E-state index contributed by atoms with van der Waals surface area (Å²) < 4.78 is 8.13. The highest BCUT2D eigenvalue weighted by Gasteiger charge is 2.30. The lowest BCUT2D eigenvalue weighted by Crippen LogP contribution is -2.25. The standard InChI is InChI=1S/C30H46N4O2/c1-4-36-19-18-25(21-29(35)31-27-17-16-22(2)20-23(27)3)30-33-32-28(34(30)26-13-9-14-26)15-8-12-24-10-6-5-7-11-24/h16-17,20,24-26H,4-15,18-19,21H2,1-3H3,(H,31,35). The van der Waals surface area contributed by atoms with Crippen molar-refractivity contribution in [1.82, 2.24) is 14.8 Å². The number of carbonyl (C=O) groups is 1. The molecule has 2 aromatic rings. The number of benzene rings is 1. The van der Waals surface area contributed by atoms with E-state index < -0.39 is 0 Å². The van der Waals surface area contributed by atoms with Crippen molar-refractivity contribution in [2.45, 2.75) is 116 Å². The minimum Gasteiger partial charge on any atom is -0.382 e. The van der Waals surface area contributed by atoms with Gasteiger partial charge in [0.2, 0.25) is 5.91 Å². The molecule has 0 radical (unpaired) electrons. The Labute approximate surface area is 217 Å². The Kier molecular flexibility index (Phi) is 9.97. The van der Waals surface area contributed by atoms with Crippen molar-refractivity contribution >= 4 is 11.6 Å². The van der Waals surface area contributed by atoms with Gasteiger partial charge in [-0.25, -0.2) is 0 Å². The first-order valence-electron chi connectivity index (χ1n) is 14.4. The lowest BCUT2D eigenvalue weighted by Gasteiger charge is -2.31. The van der Waals surface area contributed by atoms with Crippen LogP contribution in [0.2, 0.25) is 0 Å². The fourth-order valence-corrected chi connectivity index (χ4v) is 5.92. The first-order valence-corrected chi connectivity index (χ1v) is 14.4. The molecular formula is C30H46N4O2. The maximum absolute atomic E-state index is 13.2. The Balaban J connectivity index is 1.47. The van der Waals surface area contributed by atoms with Crippen LogP contribution in [0, 0.1) is 19.8 Å². The highest BCUT2D eigenvalue weighted by Crippen LogP contribution is 2.37. The van der Waals surface area contributed by atoms with Gasteiger partial charge in [0.05, 0.1) is 0 Å². The number of amides is 1. The molecule has 198 valence electrons. The maximum atomic E-state index is 13.2. The first kappa shape index (κ1) is 26.8. The number of aromatic nitrogens is 3. The van der Waals surface area contributed by atoms with Gasteiger partial charge < -0.3 is 14.6 Å². The quantitative estimate of drug-likeness (QED) is 0.303. The Bertz CT molecular complexity index is 975. The third-order valence-corrected chi connectivity index (χ3v) is 8.24. The summed E-state index contributed by atoms with van der Waals surface area (Å²) in [4.78, 5) is 13.2. The number of ether oxygens (including phenoxy) is 1. The van der Waals surface area contributed by atoms with Gasteiger partial charge in [0.25, 0.3) is 0 Å². The molecule has 2 aliphatic rings. The van der Waals surface area contributed by atoms with Gasteiger partial charge in [0.15, 0.2) is 0 Å². The minimum atomic E-state index is 0.00231. The molecule has 1 atom stereocenters. The number of hydrogen-bond donors (Lipinski definition) is 1. The molecule has 6 heteroatoms. The van der Waals surface area contributed by atoms with Gasteiger partial charge in [-0.05, 0) is 70.4 Å². The van der Waals surface area contributed by atoms with Gasteiger partial charge in [-0.15, -0.1) is 10.2 Å². The number of nitrogens with one attached hydrogen (secondary N) is 1. The highest BCUT2D eigenvalue weighted by molar-refractivity contribution is 5.92. The van der Waals surface area contributed by atoms with Crippen LogP contribution in [0.3, 0.4) is 0 Å². The smallest absolute Gasteiger partial charge is 0.225 e. The molecule has 36 heavy (non-hydrogen) atoms. The number of rotatable bonds is 13. The van der Waals surface area contributed by atoms with E-state index in [4.69, 9.17) is 14.9 Å². The zero-order valence-corrected chi connectivity index (χ0v) is 22.7. The lowest BCUT2D eigenvalue weighted by molar-refractivity contribution is -0.116. The van der Waals surface area contributed by atoms with Crippen LogP contribution in [0.1, 0.15) is 119 Å². The fourth-order valence-electron chi connectivity index (χ4n) is 5.92. The third kappa shape index (κ3) is 7.18. The average molecular weight is 495 g/mol. The van der Waals surface area contributed by atoms with Crippen LogP contribution in [-0.2, 0) is 16.0 Å². The van der Waals surface area contributed by atoms with Crippen LogP contribution in [0.5, 0.6) is 0 Å². The van der Waals surface area contributed by atoms with Gasteiger partial charge in [-0.1, -0.05) is 56.2 Å². The Morgan fingerprint density at radius 3 is 2.61 bits per heavy atom. The van der Waals surface area contributed by atoms with Crippen molar-refractivity contribution < 1.29 is 9.53 Å². The van der Waals surface area contributed by atoms with Crippen LogP contribution < -0.4 is 5.32 Å². The van der Waals surface area contributed by atoms with Crippen LogP contribution in [-0.4, -0.2) is 33.9 Å². The second kappa shape index (κ2) is 13.4. The van der Waals surface area contributed by atoms with Crippen LogP contribution in [0.25, 0.3) is 0 Å². The van der Waals surface area contributed by atoms with E-state index in [0.717, 1.165) is 41.7 Å². The second-order valence-electron chi connectivity index (χ2n) is 11.1. The third-order valence-electron chi connectivity index (χ3n) is 8.24. The van der Waals surface area contributed by atoms with Crippen molar-refractivity contribution in [2.24, 2.45) is 5.92 Å². The SMILES string of the molecule is CCOCCC(CC(=O)Nc1ccc(C)cc1C)c1nnc(CCCC2CCCCC2)n1C1CCC1. The van der Waals surface area contributed by atoms with E-state index in [2.05, 4.69) is 22.9 Å². The summed E-state index contributed by atoms with van der Waals surface area (Å²) in [5.74, 6) is 3.05. The molecule has 1 N–H and O–H groups in total. The Morgan fingerprint density at radius 1 is 1.11 bits per heavy atom. The van der Waals surface area contributed by atoms with E-state index in [1.54, 1.807) is 0 Å². The van der Waals surface area contributed by atoms with Crippen molar-refractivity contribution in [3.05, 3.63) is 41.0 Å². The van der Waals surface area contributed by atoms with E-state index >= 15 is 0 Å². The summed E-state index contributed by atoms with van der Waals surface area (Å²) in [7, 11) is 0. The van der Waals surface area contributed by atoms with Crippen molar-refractivity contribution in [1.29, 1.82) is 0 Å². The number of hydrogen-bond acceptors (Lipinski definition) is 4. The zero-order valence-electron chi connectivity index (χ0n) is 22.7. The Hall–Kier alpha value is -2.21. The molecule has 2 fully saturated rings. The van der Waals surface area contributed by atoms with Crippen LogP contribution in [0.4, 0.5) is 5.69 Å². The lowest BCUT2D eigenvalue weighted by atomic mass is 9.85. The zero-order chi connectivity index (χ0) is 25.3. The topological polar surface area (TPSA) is 69.0 Å². The molecule has 0 spiro atoms. The number of anilines is 1. The van der Waals surface area contributed by atoms with Gasteiger partial charge >= 0.3 is 0 Å². The molecule has 0 bridgehead atoms. The molecule has 1 aromatic heterocycles. The van der Waals surface area contributed by atoms with E-state index in [0.29, 0.717) is 25.7 Å². The molecule has 4 rings (SSSR count). The summed E-state index contributed by atoms with van der Waals surface area (Å²) in [5, 5.41) is 12.6. The van der Waals surface area contributed by atoms with Gasteiger partial charge in [0, 0.05) is 43.7 Å². The molecule has 6 nitrogen and oxygen atoms in total. The van der Waals surface area contributed by atoms with Crippen LogP contribution >= 0.6 is 0 Å². The predicted octanol–water partition coefficient (Wildman–Crippen LogP) is 7.06. The number of nitrogens with zero attached hydrogens (tertiary/aromatic N) is 3. The summed E-state index contributed by atoms with van der Waals surface area (Å²) in [5.41, 5.74) is 3.18. The van der Waals surface area contributed by atoms with Crippen molar-refractivity contribution in [3.8, 4) is 0 Å². The van der Waals surface area contributed by atoms with Gasteiger partial charge in [0.1, 0.15) is 11.6 Å². The molecule has 1 aromatic carbocycles. The summed E-state index contributed by atoms with van der Waals surface area (Å²) in [6.45, 7) is 7.45. The van der Waals surface area contributed by atoms with Crippen molar-refractivity contribution in [3.63, 3.8) is 0 Å². The largest absolute Gasteiger partial charge is 0.382 e. The predicted molar refractivity (Wildman–Crippen MR) is 145 cm³/mol. The maximum Gasteiger partial charge on any atom is 0.225 e. The van der Waals surface area contributed by atoms with Gasteiger partial charge in [-0.2, -0.15) is 0 Å².